The molecular formula is C13H22ClN3O. The van der Waals surface area contributed by atoms with E-state index in [1.165, 1.54) is 0 Å². The zero-order chi connectivity index (χ0) is 13.1. The molecule has 0 amide bonds. The van der Waals surface area contributed by atoms with E-state index >= 15 is 0 Å². The minimum Gasteiger partial charge on any atom is -0.377 e. The molecular weight excluding hydrogens is 250 g/mol. The van der Waals surface area contributed by atoms with E-state index in [1.807, 2.05) is 18.8 Å². The summed E-state index contributed by atoms with van der Waals surface area (Å²) >= 11 is 6.39. The van der Waals surface area contributed by atoms with Crippen molar-refractivity contribution in [1.82, 2.24) is 15.1 Å². The summed E-state index contributed by atoms with van der Waals surface area (Å²) in [6, 6.07) is 0.310. The Labute approximate surface area is 114 Å². The summed E-state index contributed by atoms with van der Waals surface area (Å²) in [5.41, 5.74) is 2.08. The third-order valence-electron chi connectivity index (χ3n) is 3.70. The number of hydrogen-bond donors (Lipinski definition) is 1. The number of likely N-dealkylation sites (N-methyl/N-ethyl adjacent to an activating group) is 1. The van der Waals surface area contributed by atoms with Crippen LogP contribution in [0, 0.1) is 0 Å². The fourth-order valence-electron chi connectivity index (χ4n) is 2.59. The number of aromatic nitrogens is 2. The Morgan fingerprint density at radius 1 is 1.61 bits per heavy atom. The van der Waals surface area contributed by atoms with Gasteiger partial charge in [-0.25, -0.2) is 0 Å². The van der Waals surface area contributed by atoms with E-state index in [9.17, 15) is 0 Å². The van der Waals surface area contributed by atoms with Crippen LogP contribution < -0.4 is 5.32 Å². The number of hydrogen-bond acceptors (Lipinski definition) is 3. The van der Waals surface area contributed by atoms with E-state index in [0.717, 1.165) is 48.7 Å². The number of halogens is 1. The van der Waals surface area contributed by atoms with Crippen LogP contribution in [-0.4, -0.2) is 35.6 Å². The summed E-state index contributed by atoms with van der Waals surface area (Å²) in [4.78, 5) is 0. The highest BCUT2D eigenvalue weighted by Crippen LogP contribution is 2.25. The molecule has 1 N–H and O–H groups in total. The Balaban J connectivity index is 2.13. The minimum absolute atomic E-state index is 0.297. The van der Waals surface area contributed by atoms with Crippen LogP contribution in [0.2, 0.25) is 5.02 Å². The Kier molecular flexibility index (Phi) is 4.65. The standard InChI is InChI=1S/C13H22ClN3O/c1-4-9-13(14)11(17(3)16-9)8-10(15-2)12-6-5-7-18-12/h10,12,15H,4-8H2,1-3H3. The molecule has 5 heteroatoms. The molecule has 1 saturated heterocycles. The van der Waals surface area contributed by atoms with Gasteiger partial charge in [-0.05, 0) is 26.3 Å². The number of aryl methyl sites for hydroxylation is 2. The van der Waals surface area contributed by atoms with Gasteiger partial charge in [-0.2, -0.15) is 5.10 Å². The summed E-state index contributed by atoms with van der Waals surface area (Å²) in [5.74, 6) is 0. The first-order valence-electron chi connectivity index (χ1n) is 6.66. The van der Waals surface area contributed by atoms with E-state index in [-0.39, 0.29) is 0 Å². The normalized spacial score (nSPS) is 21.4. The van der Waals surface area contributed by atoms with Crippen LogP contribution in [0.3, 0.4) is 0 Å². The number of nitrogens with one attached hydrogen (secondary N) is 1. The first-order valence-corrected chi connectivity index (χ1v) is 7.04. The van der Waals surface area contributed by atoms with Gasteiger partial charge >= 0.3 is 0 Å². The van der Waals surface area contributed by atoms with Crippen molar-refractivity contribution in [3.05, 3.63) is 16.4 Å². The maximum atomic E-state index is 6.39. The Morgan fingerprint density at radius 2 is 2.39 bits per heavy atom. The zero-order valence-electron chi connectivity index (χ0n) is 11.4. The molecule has 2 atom stereocenters. The van der Waals surface area contributed by atoms with E-state index in [4.69, 9.17) is 16.3 Å². The van der Waals surface area contributed by atoms with Crippen molar-refractivity contribution < 1.29 is 4.74 Å². The second-order valence-electron chi connectivity index (χ2n) is 4.84. The Hall–Kier alpha value is -0.580. The van der Waals surface area contributed by atoms with Gasteiger partial charge in [0, 0.05) is 26.1 Å². The zero-order valence-corrected chi connectivity index (χ0v) is 12.1. The first-order chi connectivity index (χ1) is 8.67. The molecule has 0 spiro atoms. The van der Waals surface area contributed by atoms with Crippen molar-refractivity contribution in [3.63, 3.8) is 0 Å². The average Bonchev–Trinajstić information content (AvgIpc) is 2.97. The van der Waals surface area contributed by atoms with Crippen LogP contribution in [-0.2, 0) is 24.6 Å². The van der Waals surface area contributed by atoms with Gasteiger partial charge in [0.1, 0.15) is 0 Å². The second-order valence-corrected chi connectivity index (χ2v) is 5.21. The lowest BCUT2D eigenvalue weighted by molar-refractivity contribution is 0.0803. The summed E-state index contributed by atoms with van der Waals surface area (Å²) in [7, 11) is 3.94. The van der Waals surface area contributed by atoms with Crippen molar-refractivity contribution in [2.45, 2.75) is 44.8 Å². The van der Waals surface area contributed by atoms with E-state index in [1.54, 1.807) is 0 Å². The summed E-state index contributed by atoms with van der Waals surface area (Å²) in [6.07, 6.45) is 4.32. The van der Waals surface area contributed by atoms with Gasteiger partial charge in [0.25, 0.3) is 0 Å². The van der Waals surface area contributed by atoms with Crippen molar-refractivity contribution in [1.29, 1.82) is 0 Å². The molecule has 18 heavy (non-hydrogen) atoms. The minimum atomic E-state index is 0.297. The molecule has 2 unspecified atom stereocenters. The van der Waals surface area contributed by atoms with Gasteiger partial charge in [0.2, 0.25) is 0 Å². The fourth-order valence-corrected chi connectivity index (χ4v) is 2.96. The smallest absolute Gasteiger partial charge is 0.0850 e. The summed E-state index contributed by atoms with van der Waals surface area (Å²) in [6.45, 7) is 2.95. The fraction of sp³-hybridized carbons (Fsp3) is 0.769. The second kappa shape index (κ2) is 6.04. The van der Waals surface area contributed by atoms with Crippen molar-refractivity contribution >= 4 is 11.6 Å². The lowest BCUT2D eigenvalue weighted by atomic mass is 10.0. The highest BCUT2D eigenvalue weighted by Gasteiger charge is 2.27. The molecule has 0 bridgehead atoms. The van der Waals surface area contributed by atoms with Crippen LogP contribution in [0.5, 0.6) is 0 Å². The van der Waals surface area contributed by atoms with E-state index in [2.05, 4.69) is 17.3 Å². The number of rotatable bonds is 5. The molecule has 0 radical (unpaired) electrons. The van der Waals surface area contributed by atoms with E-state index in [0.29, 0.717) is 12.1 Å². The van der Waals surface area contributed by atoms with Crippen LogP contribution in [0.15, 0.2) is 0 Å². The molecule has 1 aromatic rings. The lowest BCUT2D eigenvalue weighted by Crippen LogP contribution is -2.39. The third kappa shape index (κ3) is 2.71. The SMILES string of the molecule is CCc1nn(C)c(CC(NC)C2CCCO2)c1Cl. The van der Waals surface area contributed by atoms with Gasteiger partial charge in [-0.3, -0.25) is 4.68 Å². The lowest BCUT2D eigenvalue weighted by Gasteiger charge is -2.22. The quantitative estimate of drug-likeness (QED) is 0.890. The molecule has 1 aliphatic heterocycles. The molecule has 0 aliphatic carbocycles. The van der Waals surface area contributed by atoms with Gasteiger partial charge in [0.15, 0.2) is 0 Å². The molecule has 0 saturated carbocycles. The molecule has 102 valence electrons. The average molecular weight is 272 g/mol. The van der Waals surface area contributed by atoms with Gasteiger partial charge < -0.3 is 10.1 Å². The highest BCUT2D eigenvalue weighted by atomic mass is 35.5. The molecule has 1 fully saturated rings. The van der Waals surface area contributed by atoms with Crippen LogP contribution in [0.1, 0.15) is 31.2 Å². The predicted molar refractivity (Wildman–Crippen MR) is 73.1 cm³/mol. The van der Waals surface area contributed by atoms with Crippen molar-refractivity contribution in [2.24, 2.45) is 7.05 Å². The largest absolute Gasteiger partial charge is 0.377 e. The van der Waals surface area contributed by atoms with Gasteiger partial charge in [0.05, 0.1) is 22.5 Å². The molecule has 0 aromatic carbocycles. The first kappa shape index (κ1) is 13.8. The van der Waals surface area contributed by atoms with Gasteiger partial charge in [-0.1, -0.05) is 18.5 Å². The molecule has 2 heterocycles. The third-order valence-corrected chi connectivity index (χ3v) is 4.14. The monoisotopic (exact) mass is 271 g/mol. The van der Waals surface area contributed by atoms with Crippen molar-refractivity contribution in [2.75, 3.05) is 13.7 Å². The predicted octanol–water partition coefficient (Wildman–Crippen LogP) is 1.95. The van der Waals surface area contributed by atoms with Crippen LogP contribution in [0.25, 0.3) is 0 Å². The topological polar surface area (TPSA) is 39.1 Å². The summed E-state index contributed by atoms with van der Waals surface area (Å²) < 4.78 is 7.66. The molecule has 1 aliphatic rings. The Bertz CT molecular complexity index is 399. The van der Waals surface area contributed by atoms with Gasteiger partial charge in [-0.15, -0.1) is 0 Å². The number of nitrogens with zero attached hydrogens (tertiary/aromatic N) is 2. The molecule has 2 rings (SSSR count). The van der Waals surface area contributed by atoms with E-state index < -0.39 is 0 Å². The molecule has 4 nitrogen and oxygen atoms in total. The van der Waals surface area contributed by atoms with Crippen LogP contribution >= 0.6 is 11.6 Å². The Morgan fingerprint density at radius 3 is 2.89 bits per heavy atom. The molecule has 1 aromatic heterocycles. The summed E-state index contributed by atoms with van der Waals surface area (Å²) in [5, 5.41) is 8.63. The highest BCUT2D eigenvalue weighted by molar-refractivity contribution is 6.31. The van der Waals surface area contributed by atoms with Crippen molar-refractivity contribution in [3.8, 4) is 0 Å². The van der Waals surface area contributed by atoms with Crippen LogP contribution in [0.4, 0.5) is 0 Å². The maximum Gasteiger partial charge on any atom is 0.0850 e. The maximum absolute atomic E-state index is 6.39. The number of ether oxygens (including phenoxy) is 1.